The zero-order valence-corrected chi connectivity index (χ0v) is 15.3. The molecule has 26 heavy (non-hydrogen) atoms. The van der Waals surface area contributed by atoms with E-state index in [9.17, 15) is 9.90 Å². The molecule has 0 atom stereocenters. The summed E-state index contributed by atoms with van der Waals surface area (Å²) in [6.45, 7) is 4.17. The van der Waals surface area contributed by atoms with Crippen molar-refractivity contribution in [3.05, 3.63) is 53.7 Å². The highest BCUT2D eigenvalue weighted by Gasteiger charge is 2.24. The number of phenols is 1. The fourth-order valence-electron chi connectivity index (χ4n) is 3.26. The molecule has 1 N–H and O–H groups in total. The van der Waals surface area contributed by atoms with Gasteiger partial charge in [0.05, 0.1) is 24.8 Å². The van der Waals surface area contributed by atoms with E-state index >= 15 is 0 Å². The van der Waals surface area contributed by atoms with E-state index < -0.39 is 0 Å². The van der Waals surface area contributed by atoms with E-state index in [1.165, 1.54) is 0 Å². The van der Waals surface area contributed by atoms with Crippen LogP contribution in [0.2, 0.25) is 0 Å². The van der Waals surface area contributed by atoms with Crippen molar-refractivity contribution in [2.24, 2.45) is 0 Å². The fourth-order valence-corrected chi connectivity index (χ4v) is 3.26. The molecule has 3 aromatic rings. The monoisotopic (exact) mass is 353 g/mol. The molecule has 0 aliphatic carbocycles. The second-order valence-electron chi connectivity index (χ2n) is 6.03. The second kappa shape index (κ2) is 7.52. The lowest BCUT2D eigenvalue weighted by Crippen LogP contribution is -2.09. The molecule has 0 saturated carbocycles. The maximum Gasteiger partial charge on any atom is 0.340 e. The van der Waals surface area contributed by atoms with E-state index in [4.69, 9.17) is 9.47 Å². The minimum Gasteiger partial charge on any atom is -0.508 e. The molecule has 0 aliphatic heterocycles. The Bertz CT molecular complexity index is 925. The normalized spacial score (nSPS) is 10.9. The first-order valence-electron chi connectivity index (χ1n) is 8.78. The van der Waals surface area contributed by atoms with E-state index in [2.05, 4.69) is 11.5 Å². The summed E-state index contributed by atoms with van der Waals surface area (Å²) in [7, 11) is 1.63. The van der Waals surface area contributed by atoms with Gasteiger partial charge in [-0.3, -0.25) is 0 Å². The van der Waals surface area contributed by atoms with Gasteiger partial charge < -0.3 is 19.1 Å². The van der Waals surface area contributed by atoms with Crippen molar-refractivity contribution >= 4 is 16.9 Å². The number of rotatable bonds is 6. The number of methoxy groups -OCH3 is 1. The van der Waals surface area contributed by atoms with Crippen molar-refractivity contribution in [2.45, 2.75) is 26.7 Å². The van der Waals surface area contributed by atoms with E-state index in [-0.39, 0.29) is 11.7 Å². The quantitative estimate of drug-likeness (QED) is 0.664. The van der Waals surface area contributed by atoms with Gasteiger partial charge in [-0.2, -0.15) is 0 Å². The van der Waals surface area contributed by atoms with Crippen molar-refractivity contribution < 1.29 is 19.4 Å². The Balaban J connectivity index is 2.32. The van der Waals surface area contributed by atoms with E-state index in [0.29, 0.717) is 17.6 Å². The van der Waals surface area contributed by atoms with E-state index in [0.717, 1.165) is 35.5 Å². The molecule has 5 heteroatoms. The van der Waals surface area contributed by atoms with Crippen LogP contribution >= 0.6 is 0 Å². The predicted molar refractivity (Wildman–Crippen MR) is 101 cm³/mol. The Labute approximate surface area is 152 Å². The number of fused-ring (bicyclic) bond motifs is 1. The van der Waals surface area contributed by atoms with Gasteiger partial charge >= 0.3 is 5.97 Å². The molecule has 0 bridgehead atoms. The molecule has 0 spiro atoms. The van der Waals surface area contributed by atoms with Crippen molar-refractivity contribution in [3.63, 3.8) is 0 Å². The maximum absolute atomic E-state index is 12.7. The first kappa shape index (κ1) is 17.9. The zero-order chi connectivity index (χ0) is 18.7. The number of nitrogens with zero attached hydrogens (tertiary/aromatic N) is 1. The molecule has 0 aliphatic rings. The average Bonchev–Trinajstić information content (AvgIpc) is 2.95. The SMILES string of the molecule is CCCc1c(C(=O)OCC)c2cc(O)ccc2n1-c1ccc(OC)cc1. The minimum atomic E-state index is -0.362. The van der Waals surface area contributed by atoms with Gasteiger partial charge in [-0.25, -0.2) is 4.79 Å². The van der Waals surface area contributed by atoms with E-state index in [1.807, 2.05) is 30.3 Å². The maximum atomic E-state index is 12.7. The third-order valence-electron chi connectivity index (χ3n) is 4.35. The molecular formula is C21H23NO4. The van der Waals surface area contributed by atoms with Gasteiger partial charge in [0.25, 0.3) is 0 Å². The van der Waals surface area contributed by atoms with Crippen LogP contribution in [0.1, 0.15) is 36.3 Å². The Hall–Kier alpha value is -2.95. The van der Waals surface area contributed by atoms with Crippen LogP contribution < -0.4 is 4.74 Å². The third kappa shape index (κ3) is 3.12. The Morgan fingerprint density at radius 2 is 1.85 bits per heavy atom. The summed E-state index contributed by atoms with van der Waals surface area (Å²) >= 11 is 0. The lowest BCUT2D eigenvalue weighted by atomic mass is 10.1. The predicted octanol–water partition coefficient (Wildman–Crippen LogP) is 4.47. The summed E-state index contributed by atoms with van der Waals surface area (Å²) in [5.74, 6) is 0.530. The number of hydrogen-bond acceptors (Lipinski definition) is 4. The molecule has 0 amide bonds. The number of benzene rings is 2. The topological polar surface area (TPSA) is 60.7 Å². The highest BCUT2D eigenvalue weighted by molar-refractivity contribution is 6.07. The van der Waals surface area contributed by atoms with Crippen LogP contribution in [-0.2, 0) is 11.2 Å². The molecule has 0 fully saturated rings. The van der Waals surface area contributed by atoms with Crippen LogP contribution in [0.3, 0.4) is 0 Å². The number of aromatic nitrogens is 1. The molecule has 1 heterocycles. The molecule has 5 nitrogen and oxygen atoms in total. The number of carbonyl (C=O) groups is 1. The van der Waals surface area contributed by atoms with Crippen LogP contribution in [0.25, 0.3) is 16.6 Å². The van der Waals surface area contributed by atoms with Crippen LogP contribution in [0.5, 0.6) is 11.5 Å². The van der Waals surface area contributed by atoms with Crippen LogP contribution in [0, 0.1) is 0 Å². The second-order valence-corrected chi connectivity index (χ2v) is 6.03. The van der Waals surface area contributed by atoms with Crippen LogP contribution in [0.4, 0.5) is 0 Å². The molecule has 0 saturated heterocycles. The summed E-state index contributed by atoms with van der Waals surface area (Å²) in [6.07, 6.45) is 1.60. The van der Waals surface area contributed by atoms with Crippen molar-refractivity contribution in [1.82, 2.24) is 4.57 Å². The van der Waals surface area contributed by atoms with Crippen molar-refractivity contribution in [3.8, 4) is 17.2 Å². The first-order chi connectivity index (χ1) is 12.6. The summed E-state index contributed by atoms with van der Waals surface area (Å²) < 4.78 is 12.6. The number of aromatic hydroxyl groups is 1. The zero-order valence-electron chi connectivity index (χ0n) is 15.3. The molecule has 0 radical (unpaired) electrons. The van der Waals surface area contributed by atoms with Gasteiger partial charge in [0.2, 0.25) is 0 Å². The lowest BCUT2D eigenvalue weighted by Gasteiger charge is -2.12. The molecule has 2 aromatic carbocycles. The van der Waals surface area contributed by atoms with Gasteiger partial charge in [0, 0.05) is 16.8 Å². The van der Waals surface area contributed by atoms with Gasteiger partial charge in [0.1, 0.15) is 11.5 Å². The highest BCUT2D eigenvalue weighted by Crippen LogP contribution is 2.33. The van der Waals surface area contributed by atoms with Crippen LogP contribution in [-0.4, -0.2) is 29.4 Å². The fraction of sp³-hybridized carbons (Fsp3) is 0.286. The van der Waals surface area contributed by atoms with Gasteiger partial charge in [0.15, 0.2) is 0 Å². The average molecular weight is 353 g/mol. The van der Waals surface area contributed by atoms with Crippen LogP contribution in [0.15, 0.2) is 42.5 Å². The molecule has 3 rings (SSSR count). The third-order valence-corrected chi connectivity index (χ3v) is 4.35. The lowest BCUT2D eigenvalue weighted by molar-refractivity contribution is 0.0527. The van der Waals surface area contributed by atoms with Gasteiger partial charge in [-0.1, -0.05) is 13.3 Å². The molecule has 1 aromatic heterocycles. The minimum absolute atomic E-state index is 0.123. The van der Waals surface area contributed by atoms with Gasteiger partial charge in [-0.15, -0.1) is 0 Å². The first-order valence-corrected chi connectivity index (χ1v) is 8.78. The standard InChI is InChI=1S/C21H23NO4/c1-4-6-19-20(21(24)26-5-2)17-13-15(23)9-12-18(17)22(19)14-7-10-16(25-3)11-8-14/h7-13,23H,4-6H2,1-3H3. The number of phenolic OH excluding ortho intramolecular Hbond substituents is 1. The Morgan fingerprint density at radius 1 is 1.12 bits per heavy atom. The Morgan fingerprint density at radius 3 is 2.46 bits per heavy atom. The highest BCUT2D eigenvalue weighted by atomic mass is 16.5. The summed E-state index contributed by atoms with van der Waals surface area (Å²) in [6, 6.07) is 12.8. The molecule has 136 valence electrons. The number of ether oxygens (including phenoxy) is 2. The van der Waals surface area contributed by atoms with E-state index in [1.54, 1.807) is 26.2 Å². The number of carbonyl (C=O) groups excluding carboxylic acids is 1. The van der Waals surface area contributed by atoms with Crippen molar-refractivity contribution in [1.29, 1.82) is 0 Å². The van der Waals surface area contributed by atoms with Crippen molar-refractivity contribution in [2.75, 3.05) is 13.7 Å². The largest absolute Gasteiger partial charge is 0.508 e. The smallest absolute Gasteiger partial charge is 0.340 e. The molecular weight excluding hydrogens is 330 g/mol. The molecule has 0 unspecified atom stereocenters. The number of esters is 1. The summed E-state index contributed by atoms with van der Waals surface area (Å²) in [5, 5.41) is 10.7. The summed E-state index contributed by atoms with van der Waals surface area (Å²) in [5.41, 5.74) is 3.20. The van der Waals surface area contributed by atoms with Gasteiger partial charge in [-0.05, 0) is 55.8 Å². The number of hydrogen-bond donors (Lipinski definition) is 1. The Kier molecular flexibility index (Phi) is 5.16. The summed E-state index contributed by atoms with van der Waals surface area (Å²) in [4.78, 5) is 12.7.